The molecule has 20 heavy (non-hydrogen) atoms. The number of likely N-dealkylation sites (N-methyl/N-ethyl adjacent to an activating group) is 1. The lowest BCUT2D eigenvalue weighted by atomic mass is 10.1. The van der Waals surface area contributed by atoms with Crippen molar-refractivity contribution in [1.29, 1.82) is 0 Å². The van der Waals surface area contributed by atoms with E-state index in [2.05, 4.69) is 17.4 Å². The summed E-state index contributed by atoms with van der Waals surface area (Å²) in [6.45, 7) is 0. The van der Waals surface area contributed by atoms with E-state index in [0.717, 1.165) is 11.3 Å². The van der Waals surface area contributed by atoms with Gasteiger partial charge in [-0.1, -0.05) is 41.9 Å². The van der Waals surface area contributed by atoms with E-state index in [4.69, 9.17) is 11.6 Å². The molecule has 1 unspecified atom stereocenters. The van der Waals surface area contributed by atoms with Crippen LogP contribution in [0, 0.1) is 5.82 Å². The van der Waals surface area contributed by atoms with E-state index >= 15 is 0 Å². The van der Waals surface area contributed by atoms with Gasteiger partial charge in [-0.2, -0.15) is 0 Å². The average Bonchev–Trinajstić information content (AvgIpc) is 2.49. The first-order valence-corrected chi connectivity index (χ1v) is 7.85. The molecule has 0 radical (unpaired) electrons. The van der Waals surface area contributed by atoms with Crippen molar-refractivity contribution in [3.8, 4) is 0 Å². The molecule has 1 atom stereocenters. The molecule has 1 nitrogen and oxygen atoms in total. The van der Waals surface area contributed by atoms with Gasteiger partial charge in [0.25, 0.3) is 0 Å². The van der Waals surface area contributed by atoms with Crippen LogP contribution >= 0.6 is 23.4 Å². The van der Waals surface area contributed by atoms with Crippen LogP contribution in [0.15, 0.2) is 53.4 Å². The minimum absolute atomic E-state index is 0.234. The molecular formula is C16H17ClFNS. The second-order valence-electron chi connectivity index (χ2n) is 4.53. The first-order valence-electron chi connectivity index (χ1n) is 6.48. The van der Waals surface area contributed by atoms with Gasteiger partial charge in [0, 0.05) is 16.7 Å². The maximum absolute atomic E-state index is 13.4. The minimum atomic E-state index is -0.352. The molecule has 0 amide bonds. The molecule has 0 bridgehead atoms. The van der Waals surface area contributed by atoms with Crippen LogP contribution in [0.1, 0.15) is 5.56 Å². The molecule has 0 spiro atoms. The van der Waals surface area contributed by atoms with Crippen LogP contribution in [0.5, 0.6) is 0 Å². The summed E-state index contributed by atoms with van der Waals surface area (Å²) >= 11 is 7.78. The maximum atomic E-state index is 13.4. The van der Waals surface area contributed by atoms with Gasteiger partial charge in [-0.15, -0.1) is 11.8 Å². The molecule has 0 heterocycles. The van der Waals surface area contributed by atoms with Gasteiger partial charge in [-0.25, -0.2) is 4.39 Å². The Morgan fingerprint density at radius 1 is 1.15 bits per heavy atom. The first kappa shape index (κ1) is 15.4. The normalized spacial score (nSPS) is 12.3. The van der Waals surface area contributed by atoms with Crippen LogP contribution in [0.4, 0.5) is 4.39 Å². The molecule has 2 aromatic rings. The summed E-state index contributed by atoms with van der Waals surface area (Å²) in [5.74, 6) is 0.558. The molecule has 1 N–H and O–H groups in total. The van der Waals surface area contributed by atoms with Crippen molar-refractivity contribution in [2.75, 3.05) is 12.8 Å². The number of thioether (sulfide) groups is 1. The van der Waals surface area contributed by atoms with Crippen molar-refractivity contribution in [1.82, 2.24) is 5.32 Å². The Hall–Kier alpha value is -1.03. The number of halogens is 2. The van der Waals surface area contributed by atoms with Crippen molar-refractivity contribution in [3.63, 3.8) is 0 Å². The summed E-state index contributed by atoms with van der Waals surface area (Å²) in [5.41, 5.74) is 0.847. The van der Waals surface area contributed by atoms with Gasteiger partial charge in [-0.05, 0) is 37.2 Å². The van der Waals surface area contributed by atoms with Crippen molar-refractivity contribution < 1.29 is 4.39 Å². The smallest absolute Gasteiger partial charge is 0.142 e. The summed E-state index contributed by atoms with van der Waals surface area (Å²) in [7, 11) is 1.92. The number of nitrogens with one attached hydrogen (secondary N) is 1. The molecular weight excluding hydrogens is 293 g/mol. The molecule has 0 aliphatic heterocycles. The SMILES string of the molecule is CNC(CSc1ccccc1)Cc1cccc(F)c1Cl. The molecule has 0 saturated carbocycles. The highest BCUT2D eigenvalue weighted by Crippen LogP contribution is 2.23. The van der Waals surface area contributed by atoms with Gasteiger partial charge in [0.15, 0.2) is 0 Å². The Balaban J connectivity index is 1.97. The van der Waals surface area contributed by atoms with Gasteiger partial charge in [-0.3, -0.25) is 0 Å². The van der Waals surface area contributed by atoms with Gasteiger partial charge in [0.2, 0.25) is 0 Å². The summed E-state index contributed by atoms with van der Waals surface area (Å²) in [6.07, 6.45) is 0.715. The fourth-order valence-electron chi connectivity index (χ4n) is 1.93. The van der Waals surface area contributed by atoms with E-state index in [9.17, 15) is 4.39 Å². The summed E-state index contributed by atoms with van der Waals surface area (Å²) < 4.78 is 13.4. The van der Waals surface area contributed by atoms with Gasteiger partial charge < -0.3 is 5.32 Å². The summed E-state index contributed by atoms with van der Waals surface area (Å²) in [5, 5.41) is 3.50. The lowest BCUT2D eigenvalue weighted by Gasteiger charge is -2.17. The second-order valence-corrected chi connectivity index (χ2v) is 6.00. The Bertz CT molecular complexity index is 547. The topological polar surface area (TPSA) is 12.0 Å². The lowest BCUT2D eigenvalue weighted by molar-refractivity contribution is 0.603. The van der Waals surface area contributed by atoms with E-state index in [-0.39, 0.29) is 16.9 Å². The standard InChI is InChI=1S/C16H17ClFNS/c1-19-13(11-20-14-7-3-2-4-8-14)10-12-6-5-9-15(18)16(12)17/h2-9,13,19H,10-11H2,1H3. The van der Waals surface area contributed by atoms with E-state index in [1.54, 1.807) is 17.8 Å². The number of hydrogen-bond acceptors (Lipinski definition) is 2. The number of benzene rings is 2. The van der Waals surface area contributed by atoms with Crippen molar-refractivity contribution in [3.05, 3.63) is 64.9 Å². The largest absolute Gasteiger partial charge is 0.316 e. The van der Waals surface area contributed by atoms with Crippen LogP contribution < -0.4 is 5.32 Å². The molecule has 0 fully saturated rings. The maximum Gasteiger partial charge on any atom is 0.142 e. The Morgan fingerprint density at radius 3 is 2.60 bits per heavy atom. The van der Waals surface area contributed by atoms with Crippen molar-refractivity contribution in [2.45, 2.75) is 17.4 Å². The third kappa shape index (κ3) is 4.23. The number of rotatable bonds is 6. The minimum Gasteiger partial charge on any atom is -0.316 e. The van der Waals surface area contributed by atoms with Crippen LogP contribution in [-0.2, 0) is 6.42 Å². The fourth-order valence-corrected chi connectivity index (χ4v) is 3.16. The zero-order chi connectivity index (χ0) is 14.4. The zero-order valence-electron chi connectivity index (χ0n) is 11.3. The fraction of sp³-hybridized carbons (Fsp3) is 0.250. The Kier molecular flexibility index (Phi) is 5.89. The lowest BCUT2D eigenvalue weighted by Crippen LogP contribution is -2.30. The average molecular weight is 310 g/mol. The molecule has 0 aliphatic carbocycles. The third-order valence-corrected chi connectivity index (χ3v) is 4.70. The van der Waals surface area contributed by atoms with E-state index in [0.29, 0.717) is 6.42 Å². The van der Waals surface area contributed by atoms with Crippen molar-refractivity contribution >= 4 is 23.4 Å². The molecule has 106 valence electrons. The van der Waals surface area contributed by atoms with Crippen LogP contribution in [0.3, 0.4) is 0 Å². The highest BCUT2D eigenvalue weighted by Gasteiger charge is 2.12. The summed E-state index contributed by atoms with van der Waals surface area (Å²) in [4.78, 5) is 1.23. The molecule has 0 aliphatic rings. The zero-order valence-corrected chi connectivity index (χ0v) is 12.8. The molecule has 4 heteroatoms. The van der Waals surface area contributed by atoms with Gasteiger partial charge in [0.1, 0.15) is 5.82 Å². The quantitative estimate of drug-likeness (QED) is 0.794. The first-order chi connectivity index (χ1) is 9.70. The van der Waals surface area contributed by atoms with Crippen LogP contribution in [0.25, 0.3) is 0 Å². The van der Waals surface area contributed by atoms with Gasteiger partial charge >= 0.3 is 0 Å². The van der Waals surface area contributed by atoms with Gasteiger partial charge in [0.05, 0.1) is 5.02 Å². The monoisotopic (exact) mass is 309 g/mol. The number of hydrogen-bond donors (Lipinski definition) is 1. The van der Waals surface area contributed by atoms with Crippen molar-refractivity contribution in [2.24, 2.45) is 0 Å². The van der Waals surface area contributed by atoms with E-state index < -0.39 is 0 Å². The third-order valence-electron chi connectivity index (χ3n) is 3.10. The highest BCUT2D eigenvalue weighted by atomic mass is 35.5. The van der Waals surface area contributed by atoms with E-state index in [1.807, 2.05) is 31.3 Å². The highest BCUT2D eigenvalue weighted by molar-refractivity contribution is 7.99. The molecule has 0 saturated heterocycles. The summed E-state index contributed by atoms with van der Waals surface area (Å²) in [6, 6.07) is 15.5. The van der Waals surface area contributed by atoms with E-state index in [1.165, 1.54) is 11.0 Å². The molecule has 2 aromatic carbocycles. The Labute approximate surface area is 128 Å². The predicted molar refractivity (Wildman–Crippen MR) is 85.1 cm³/mol. The molecule has 2 rings (SSSR count). The second kappa shape index (κ2) is 7.67. The van der Waals surface area contributed by atoms with Crippen LogP contribution in [0.2, 0.25) is 5.02 Å². The Morgan fingerprint density at radius 2 is 1.90 bits per heavy atom. The predicted octanol–water partition coefficient (Wildman–Crippen LogP) is 4.40. The van der Waals surface area contributed by atoms with Crippen LogP contribution in [-0.4, -0.2) is 18.8 Å². The molecule has 0 aromatic heterocycles.